The van der Waals surface area contributed by atoms with Gasteiger partial charge in [-0.15, -0.1) is 0 Å². The molecule has 0 aliphatic carbocycles. The van der Waals surface area contributed by atoms with E-state index < -0.39 is 0 Å². The molecule has 3 aromatic rings. The Hall–Kier alpha value is -2.73. The van der Waals surface area contributed by atoms with E-state index in [1.54, 1.807) is 16.8 Å². The zero-order valence-corrected chi connectivity index (χ0v) is 14.7. The molecule has 0 saturated heterocycles. The van der Waals surface area contributed by atoms with Crippen LogP contribution in [0, 0.1) is 5.82 Å². The van der Waals surface area contributed by atoms with Crippen LogP contribution < -0.4 is 10.6 Å². The van der Waals surface area contributed by atoms with Crippen molar-refractivity contribution in [3.63, 3.8) is 0 Å². The van der Waals surface area contributed by atoms with E-state index >= 15 is 0 Å². The van der Waals surface area contributed by atoms with Crippen molar-refractivity contribution in [3.05, 3.63) is 77.7 Å². The fourth-order valence-electron chi connectivity index (χ4n) is 2.40. The van der Waals surface area contributed by atoms with E-state index in [0.717, 1.165) is 17.7 Å². The van der Waals surface area contributed by atoms with Gasteiger partial charge in [0, 0.05) is 18.0 Å². The van der Waals surface area contributed by atoms with Crippen LogP contribution in [0.2, 0.25) is 0 Å². The Morgan fingerprint density at radius 1 is 1.00 bits per heavy atom. The molecule has 0 amide bonds. The Balaban J connectivity index is 1.56. The van der Waals surface area contributed by atoms with Gasteiger partial charge in [-0.1, -0.05) is 31.2 Å². The van der Waals surface area contributed by atoms with Gasteiger partial charge in [0.05, 0.1) is 6.54 Å². The molecule has 0 saturated carbocycles. The second-order valence-corrected chi connectivity index (χ2v) is 6.06. The molecule has 6 heteroatoms. The predicted molar refractivity (Wildman–Crippen MR) is 103 cm³/mol. The van der Waals surface area contributed by atoms with Crippen LogP contribution in [0.25, 0.3) is 0 Å². The number of halogens is 1. The van der Waals surface area contributed by atoms with Crippen LogP contribution >= 0.6 is 12.2 Å². The topological polar surface area (TPSA) is 41.9 Å². The normalized spacial score (nSPS) is 10.5. The molecular weight excluding hydrogens is 335 g/mol. The van der Waals surface area contributed by atoms with Crippen LogP contribution in [-0.4, -0.2) is 14.9 Å². The fourth-order valence-corrected chi connectivity index (χ4v) is 2.62. The van der Waals surface area contributed by atoms with Gasteiger partial charge in [-0.2, -0.15) is 5.10 Å². The van der Waals surface area contributed by atoms with Gasteiger partial charge in [0.2, 0.25) is 0 Å². The van der Waals surface area contributed by atoms with Crippen LogP contribution in [-0.2, 0) is 13.0 Å². The van der Waals surface area contributed by atoms with E-state index in [-0.39, 0.29) is 5.82 Å². The summed E-state index contributed by atoms with van der Waals surface area (Å²) in [5.74, 6) is 0.416. The molecule has 1 aromatic heterocycles. The number of nitrogens with zero attached hydrogens (tertiary/aromatic N) is 2. The smallest absolute Gasteiger partial charge is 0.176 e. The molecule has 2 N–H and O–H groups in total. The lowest BCUT2D eigenvalue weighted by Gasteiger charge is -2.09. The predicted octanol–water partition coefficient (Wildman–Crippen LogP) is 4.44. The van der Waals surface area contributed by atoms with E-state index in [4.69, 9.17) is 12.2 Å². The summed E-state index contributed by atoms with van der Waals surface area (Å²) in [7, 11) is 0. The Bertz CT molecular complexity index is 841. The maximum absolute atomic E-state index is 12.9. The second kappa shape index (κ2) is 7.90. The van der Waals surface area contributed by atoms with Gasteiger partial charge in [0.25, 0.3) is 0 Å². The highest BCUT2D eigenvalue weighted by Gasteiger charge is 2.03. The highest BCUT2D eigenvalue weighted by Crippen LogP contribution is 2.12. The van der Waals surface area contributed by atoms with Gasteiger partial charge in [-0.25, -0.2) is 4.39 Å². The minimum Gasteiger partial charge on any atom is -0.332 e. The summed E-state index contributed by atoms with van der Waals surface area (Å²) >= 11 is 5.32. The zero-order chi connectivity index (χ0) is 17.6. The number of aromatic nitrogens is 2. The third kappa shape index (κ3) is 4.87. The quantitative estimate of drug-likeness (QED) is 0.665. The highest BCUT2D eigenvalue weighted by atomic mass is 32.1. The minimum atomic E-state index is -0.241. The number of rotatable bonds is 5. The van der Waals surface area contributed by atoms with Gasteiger partial charge in [-0.3, -0.25) is 4.68 Å². The Morgan fingerprint density at radius 2 is 1.68 bits per heavy atom. The summed E-state index contributed by atoms with van der Waals surface area (Å²) in [4.78, 5) is 0. The summed E-state index contributed by atoms with van der Waals surface area (Å²) in [6, 6.07) is 16.4. The molecule has 0 aliphatic rings. The number of aryl methyl sites for hydroxylation is 1. The van der Waals surface area contributed by atoms with Crippen molar-refractivity contribution in [3.8, 4) is 0 Å². The van der Waals surface area contributed by atoms with Crippen LogP contribution in [0.15, 0.2) is 60.8 Å². The van der Waals surface area contributed by atoms with Crippen LogP contribution in [0.3, 0.4) is 0 Å². The van der Waals surface area contributed by atoms with Gasteiger partial charge in [-0.05, 0) is 54.0 Å². The van der Waals surface area contributed by atoms with E-state index in [0.29, 0.717) is 17.5 Å². The number of nitrogens with one attached hydrogen (secondary N) is 2. The van der Waals surface area contributed by atoms with Crippen molar-refractivity contribution in [2.75, 3.05) is 10.6 Å². The SMILES string of the molecule is CCc1ccc(NC(=S)Nc2ccn(Cc3ccc(F)cc3)n2)cc1. The maximum Gasteiger partial charge on any atom is 0.176 e. The van der Waals surface area contributed by atoms with Gasteiger partial charge >= 0.3 is 0 Å². The number of hydrogen-bond acceptors (Lipinski definition) is 2. The lowest BCUT2D eigenvalue weighted by molar-refractivity contribution is 0.624. The number of thiocarbonyl (C=S) groups is 1. The second-order valence-electron chi connectivity index (χ2n) is 5.65. The van der Waals surface area contributed by atoms with Crippen molar-refractivity contribution >= 4 is 28.8 Å². The van der Waals surface area contributed by atoms with Crippen molar-refractivity contribution in [2.45, 2.75) is 19.9 Å². The maximum atomic E-state index is 12.9. The molecule has 0 aliphatic heterocycles. The number of hydrogen-bond donors (Lipinski definition) is 2. The van der Waals surface area contributed by atoms with Crippen LogP contribution in [0.5, 0.6) is 0 Å². The average Bonchev–Trinajstić information content (AvgIpc) is 3.04. The first-order valence-corrected chi connectivity index (χ1v) is 8.48. The Labute approximate surface area is 151 Å². The van der Waals surface area contributed by atoms with Gasteiger partial charge < -0.3 is 10.6 Å². The Morgan fingerprint density at radius 3 is 2.36 bits per heavy atom. The molecule has 0 atom stereocenters. The lowest BCUT2D eigenvalue weighted by Crippen LogP contribution is -2.19. The van der Waals surface area contributed by atoms with Crippen LogP contribution in [0.1, 0.15) is 18.1 Å². The van der Waals surface area contributed by atoms with Crippen molar-refractivity contribution in [2.24, 2.45) is 0 Å². The molecule has 3 rings (SSSR count). The first-order valence-electron chi connectivity index (χ1n) is 8.07. The summed E-state index contributed by atoms with van der Waals surface area (Å²) in [5, 5.41) is 11.1. The molecule has 0 unspecified atom stereocenters. The monoisotopic (exact) mass is 354 g/mol. The molecule has 1 heterocycles. The summed E-state index contributed by atoms with van der Waals surface area (Å²) in [6.07, 6.45) is 2.86. The van der Waals surface area contributed by atoms with Gasteiger partial charge in [0.15, 0.2) is 10.9 Å². The van der Waals surface area contributed by atoms with Crippen molar-refractivity contribution in [1.29, 1.82) is 0 Å². The first-order chi connectivity index (χ1) is 12.1. The molecular formula is C19H19FN4S. The van der Waals surface area contributed by atoms with Crippen LogP contribution in [0.4, 0.5) is 15.9 Å². The van der Waals surface area contributed by atoms with Gasteiger partial charge in [0.1, 0.15) is 5.82 Å². The molecule has 0 fully saturated rings. The molecule has 128 valence electrons. The minimum absolute atomic E-state index is 0.241. The standard InChI is InChI=1S/C19H19FN4S/c1-2-14-5-9-17(10-6-14)21-19(25)22-18-11-12-24(23-18)13-15-3-7-16(20)8-4-15/h3-12H,2,13H2,1H3,(H2,21,22,23,25). The van der Waals surface area contributed by atoms with E-state index in [1.165, 1.54) is 17.7 Å². The molecule has 0 spiro atoms. The van der Waals surface area contributed by atoms with Crippen molar-refractivity contribution < 1.29 is 4.39 Å². The lowest BCUT2D eigenvalue weighted by atomic mass is 10.1. The zero-order valence-electron chi connectivity index (χ0n) is 13.9. The van der Waals surface area contributed by atoms with E-state index in [9.17, 15) is 4.39 Å². The molecule has 4 nitrogen and oxygen atoms in total. The fraction of sp³-hybridized carbons (Fsp3) is 0.158. The number of anilines is 2. The summed E-state index contributed by atoms with van der Waals surface area (Å²) < 4.78 is 14.7. The molecule has 0 radical (unpaired) electrons. The first kappa shape index (κ1) is 17.1. The van der Waals surface area contributed by atoms with E-state index in [1.807, 2.05) is 24.4 Å². The van der Waals surface area contributed by atoms with Crippen molar-refractivity contribution in [1.82, 2.24) is 9.78 Å². The average molecular weight is 354 g/mol. The largest absolute Gasteiger partial charge is 0.332 e. The third-order valence-corrected chi connectivity index (χ3v) is 3.96. The molecule has 2 aromatic carbocycles. The van der Waals surface area contributed by atoms with E-state index in [2.05, 4.69) is 34.8 Å². The summed E-state index contributed by atoms with van der Waals surface area (Å²) in [6.45, 7) is 2.69. The third-order valence-electron chi connectivity index (χ3n) is 3.76. The molecule has 25 heavy (non-hydrogen) atoms. The highest BCUT2D eigenvalue weighted by molar-refractivity contribution is 7.80. The molecule has 0 bridgehead atoms. The summed E-state index contributed by atoms with van der Waals surface area (Å²) in [5.41, 5.74) is 3.19. The Kier molecular flexibility index (Phi) is 5.40. The number of benzene rings is 2.